The SMILES string of the molecule is CCN(C(=O)OC(C)(C)C)[C@H]1CCc2c(/C(N)=N\O)cccc21. The van der Waals surface area contributed by atoms with Crippen LogP contribution in [0.5, 0.6) is 0 Å². The van der Waals surface area contributed by atoms with Gasteiger partial charge in [0.15, 0.2) is 5.84 Å². The summed E-state index contributed by atoms with van der Waals surface area (Å²) in [5.74, 6) is 0.0998. The van der Waals surface area contributed by atoms with Crippen molar-refractivity contribution >= 4 is 11.9 Å². The first-order valence-corrected chi connectivity index (χ1v) is 7.87. The molecule has 6 heteroatoms. The Bertz CT molecular complexity index is 620. The second-order valence-electron chi connectivity index (χ2n) is 6.68. The van der Waals surface area contributed by atoms with Crippen molar-refractivity contribution < 1.29 is 14.7 Å². The van der Waals surface area contributed by atoms with Crippen LogP contribution in [0.15, 0.2) is 23.4 Å². The molecular formula is C17H25N3O3. The Hall–Kier alpha value is -2.24. The van der Waals surface area contributed by atoms with Gasteiger partial charge in [0, 0.05) is 12.1 Å². The number of nitrogens with two attached hydrogens (primary N) is 1. The minimum atomic E-state index is -0.526. The van der Waals surface area contributed by atoms with Gasteiger partial charge in [-0.1, -0.05) is 23.4 Å². The lowest BCUT2D eigenvalue weighted by Crippen LogP contribution is -2.38. The molecule has 1 aliphatic rings. The van der Waals surface area contributed by atoms with Crippen molar-refractivity contribution in [3.05, 3.63) is 34.9 Å². The summed E-state index contributed by atoms with van der Waals surface area (Å²) in [4.78, 5) is 14.2. The predicted molar refractivity (Wildman–Crippen MR) is 88.6 cm³/mol. The first kappa shape index (κ1) is 17.1. The molecule has 1 amide bonds. The van der Waals surface area contributed by atoms with Crippen LogP contribution >= 0.6 is 0 Å². The van der Waals surface area contributed by atoms with Gasteiger partial charge in [-0.05, 0) is 51.7 Å². The number of amides is 1. The molecule has 0 heterocycles. The molecule has 0 bridgehead atoms. The lowest BCUT2D eigenvalue weighted by molar-refractivity contribution is 0.0171. The molecule has 126 valence electrons. The fourth-order valence-electron chi connectivity index (χ4n) is 3.05. The zero-order valence-corrected chi connectivity index (χ0v) is 14.2. The molecule has 0 unspecified atom stereocenters. The average Bonchev–Trinajstić information content (AvgIpc) is 2.89. The number of carbonyl (C=O) groups excluding carboxylic acids is 1. The minimum absolute atomic E-state index is 0.0451. The molecule has 0 spiro atoms. The Balaban J connectivity index is 2.33. The second kappa shape index (κ2) is 6.48. The second-order valence-corrected chi connectivity index (χ2v) is 6.68. The first-order valence-electron chi connectivity index (χ1n) is 7.87. The van der Waals surface area contributed by atoms with Crippen LogP contribution in [0.25, 0.3) is 0 Å². The van der Waals surface area contributed by atoms with Crippen LogP contribution in [0.4, 0.5) is 4.79 Å². The van der Waals surface area contributed by atoms with E-state index in [1.165, 1.54) is 0 Å². The smallest absolute Gasteiger partial charge is 0.410 e. The average molecular weight is 319 g/mol. The van der Waals surface area contributed by atoms with Gasteiger partial charge in [0.1, 0.15) is 5.60 Å². The highest BCUT2D eigenvalue weighted by Crippen LogP contribution is 2.38. The van der Waals surface area contributed by atoms with Gasteiger partial charge in [-0.15, -0.1) is 0 Å². The van der Waals surface area contributed by atoms with E-state index >= 15 is 0 Å². The fourth-order valence-corrected chi connectivity index (χ4v) is 3.05. The van der Waals surface area contributed by atoms with E-state index < -0.39 is 5.60 Å². The summed E-state index contributed by atoms with van der Waals surface area (Å²) in [6.45, 7) is 8.08. The van der Waals surface area contributed by atoms with Crippen molar-refractivity contribution in [1.82, 2.24) is 4.90 Å². The van der Waals surface area contributed by atoms with E-state index in [9.17, 15) is 4.79 Å². The molecule has 0 fully saturated rings. The molecule has 2 rings (SSSR count). The maximum Gasteiger partial charge on any atom is 0.410 e. The minimum Gasteiger partial charge on any atom is -0.444 e. The summed E-state index contributed by atoms with van der Waals surface area (Å²) >= 11 is 0. The zero-order valence-electron chi connectivity index (χ0n) is 14.2. The Labute approximate surface area is 136 Å². The third kappa shape index (κ3) is 3.57. The molecule has 3 N–H and O–H groups in total. The molecule has 1 aromatic rings. The van der Waals surface area contributed by atoms with E-state index in [0.29, 0.717) is 6.54 Å². The summed E-state index contributed by atoms with van der Waals surface area (Å²) in [6.07, 6.45) is 1.27. The fraction of sp³-hybridized carbons (Fsp3) is 0.529. The van der Waals surface area contributed by atoms with Gasteiger partial charge in [0.25, 0.3) is 0 Å². The van der Waals surface area contributed by atoms with Crippen molar-refractivity contribution in [1.29, 1.82) is 0 Å². The zero-order chi connectivity index (χ0) is 17.2. The quantitative estimate of drug-likeness (QED) is 0.388. The predicted octanol–water partition coefficient (Wildman–Crippen LogP) is 3.03. The molecular weight excluding hydrogens is 294 g/mol. The molecule has 0 saturated heterocycles. The van der Waals surface area contributed by atoms with Crippen LogP contribution in [0, 0.1) is 0 Å². The van der Waals surface area contributed by atoms with Crippen LogP contribution in [-0.2, 0) is 11.2 Å². The van der Waals surface area contributed by atoms with Gasteiger partial charge < -0.3 is 20.6 Å². The topological polar surface area (TPSA) is 88.2 Å². The maximum atomic E-state index is 12.5. The lowest BCUT2D eigenvalue weighted by Gasteiger charge is -2.31. The highest BCUT2D eigenvalue weighted by Gasteiger charge is 2.34. The molecule has 0 aromatic heterocycles. The number of fused-ring (bicyclic) bond motifs is 1. The van der Waals surface area contributed by atoms with Crippen molar-refractivity contribution in [3.8, 4) is 0 Å². The third-order valence-electron chi connectivity index (χ3n) is 3.97. The van der Waals surface area contributed by atoms with Crippen molar-refractivity contribution in [2.75, 3.05) is 6.54 Å². The number of hydrogen-bond donors (Lipinski definition) is 2. The molecule has 1 aromatic carbocycles. The summed E-state index contributed by atoms with van der Waals surface area (Å²) < 4.78 is 5.52. The van der Waals surface area contributed by atoms with Crippen LogP contribution in [0.1, 0.15) is 56.8 Å². The molecule has 0 saturated carbocycles. The summed E-state index contributed by atoms with van der Waals surface area (Å²) in [7, 11) is 0. The molecule has 0 aliphatic heterocycles. The van der Waals surface area contributed by atoms with Gasteiger partial charge in [0.05, 0.1) is 6.04 Å². The molecule has 0 radical (unpaired) electrons. The van der Waals surface area contributed by atoms with Gasteiger partial charge >= 0.3 is 6.09 Å². The Kier molecular flexibility index (Phi) is 4.82. The highest BCUT2D eigenvalue weighted by molar-refractivity contribution is 5.98. The van der Waals surface area contributed by atoms with Gasteiger partial charge in [-0.2, -0.15) is 0 Å². The molecule has 6 nitrogen and oxygen atoms in total. The van der Waals surface area contributed by atoms with E-state index in [2.05, 4.69) is 5.16 Å². The highest BCUT2D eigenvalue weighted by atomic mass is 16.6. The van der Waals surface area contributed by atoms with Crippen molar-refractivity contribution in [2.45, 2.75) is 52.2 Å². The largest absolute Gasteiger partial charge is 0.444 e. The maximum absolute atomic E-state index is 12.5. The van der Waals surface area contributed by atoms with Gasteiger partial charge in [-0.25, -0.2) is 4.79 Å². The standard InChI is InChI=1S/C17H25N3O3/c1-5-20(16(21)23-17(2,3)4)14-10-9-11-12(14)7-6-8-13(11)15(18)19-22/h6-8,14,22H,5,9-10H2,1-4H3,(H2,18,19)/t14-/m0/s1. The number of carbonyl (C=O) groups is 1. The number of oxime groups is 1. The number of ether oxygens (including phenoxy) is 1. The van der Waals surface area contributed by atoms with E-state index in [-0.39, 0.29) is 18.0 Å². The molecule has 1 aliphatic carbocycles. The monoisotopic (exact) mass is 319 g/mol. The number of benzene rings is 1. The number of amidine groups is 1. The van der Waals surface area contributed by atoms with E-state index in [1.807, 2.05) is 45.9 Å². The Morgan fingerprint density at radius 2 is 2.17 bits per heavy atom. The van der Waals surface area contributed by atoms with Gasteiger partial charge in [0.2, 0.25) is 0 Å². The van der Waals surface area contributed by atoms with Gasteiger partial charge in [-0.3, -0.25) is 0 Å². The summed E-state index contributed by atoms with van der Waals surface area (Å²) in [5.41, 5.74) is 8.04. The van der Waals surface area contributed by atoms with E-state index in [4.69, 9.17) is 15.7 Å². The summed E-state index contributed by atoms with van der Waals surface area (Å²) in [5, 5.41) is 12.0. The normalized spacial score (nSPS) is 17.7. The van der Waals surface area contributed by atoms with Crippen LogP contribution in [0.2, 0.25) is 0 Å². The Morgan fingerprint density at radius 3 is 2.74 bits per heavy atom. The van der Waals surface area contributed by atoms with E-state index in [0.717, 1.165) is 29.5 Å². The molecule has 23 heavy (non-hydrogen) atoms. The number of hydrogen-bond acceptors (Lipinski definition) is 4. The van der Waals surface area contributed by atoms with Crippen molar-refractivity contribution in [2.24, 2.45) is 10.9 Å². The van der Waals surface area contributed by atoms with Crippen molar-refractivity contribution in [3.63, 3.8) is 0 Å². The Morgan fingerprint density at radius 1 is 1.48 bits per heavy atom. The third-order valence-corrected chi connectivity index (χ3v) is 3.97. The molecule has 1 atom stereocenters. The van der Waals surface area contributed by atoms with Crippen LogP contribution in [0.3, 0.4) is 0 Å². The van der Waals surface area contributed by atoms with E-state index in [1.54, 1.807) is 4.90 Å². The summed E-state index contributed by atoms with van der Waals surface area (Å²) in [6, 6.07) is 5.65. The number of nitrogens with zero attached hydrogens (tertiary/aromatic N) is 2. The van der Waals surface area contributed by atoms with Crippen LogP contribution in [-0.4, -0.2) is 34.2 Å². The van der Waals surface area contributed by atoms with Crippen LogP contribution < -0.4 is 5.73 Å². The lowest BCUT2D eigenvalue weighted by atomic mass is 10.0. The first-order chi connectivity index (χ1) is 10.8. The number of rotatable bonds is 3.